The Kier molecular flexibility index (Phi) is 70.6. The molecule has 0 saturated carbocycles. The third-order valence-electron chi connectivity index (χ3n) is 18.9. The summed E-state index contributed by atoms with van der Waals surface area (Å²) < 4.78 is 68.6. The van der Waals surface area contributed by atoms with Crippen LogP contribution in [0.5, 0.6) is 0 Å². The van der Waals surface area contributed by atoms with Crippen molar-refractivity contribution in [3.63, 3.8) is 0 Å². The first-order valence-electron chi connectivity index (χ1n) is 41.2. The monoisotopic (exact) mass is 1440 g/mol. The zero-order chi connectivity index (χ0) is 71.9. The van der Waals surface area contributed by atoms with Crippen molar-refractivity contribution >= 4 is 39.5 Å². The summed E-state index contributed by atoms with van der Waals surface area (Å²) in [4.78, 5) is 72.9. The number of aliphatic hydroxyl groups excluding tert-OH is 1. The van der Waals surface area contributed by atoms with Crippen molar-refractivity contribution < 1.29 is 80.2 Å². The summed E-state index contributed by atoms with van der Waals surface area (Å²) in [5.74, 6) is -1.39. The van der Waals surface area contributed by atoms with Gasteiger partial charge in [-0.25, -0.2) is 9.13 Å². The van der Waals surface area contributed by atoms with Crippen molar-refractivity contribution in [2.45, 2.75) is 438 Å². The van der Waals surface area contributed by atoms with Gasteiger partial charge in [0.05, 0.1) is 26.4 Å². The van der Waals surface area contributed by atoms with Crippen LogP contribution in [0.3, 0.4) is 0 Å². The molecular weight excluding hydrogens is 1280 g/mol. The lowest BCUT2D eigenvalue weighted by Gasteiger charge is -2.21. The molecule has 0 bridgehead atoms. The van der Waals surface area contributed by atoms with Gasteiger partial charge in [0.1, 0.15) is 19.3 Å². The number of esters is 4. The molecule has 17 nitrogen and oxygen atoms in total. The number of rotatable bonds is 79. The van der Waals surface area contributed by atoms with Gasteiger partial charge < -0.3 is 33.8 Å². The van der Waals surface area contributed by atoms with Crippen molar-refractivity contribution in [1.29, 1.82) is 0 Å². The molecule has 0 heterocycles. The predicted molar refractivity (Wildman–Crippen MR) is 400 cm³/mol. The summed E-state index contributed by atoms with van der Waals surface area (Å²) in [5.41, 5.74) is 0. The lowest BCUT2D eigenvalue weighted by molar-refractivity contribution is -0.161. The molecule has 0 fully saturated rings. The van der Waals surface area contributed by atoms with Crippen molar-refractivity contribution in [3.05, 3.63) is 0 Å². The van der Waals surface area contributed by atoms with E-state index in [1.165, 1.54) is 244 Å². The molecule has 582 valence electrons. The largest absolute Gasteiger partial charge is 0.472 e. The number of hydrogen-bond acceptors (Lipinski definition) is 15. The van der Waals surface area contributed by atoms with Crippen LogP contribution in [0, 0.1) is 5.92 Å². The van der Waals surface area contributed by atoms with Gasteiger partial charge in [-0.1, -0.05) is 369 Å². The lowest BCUT2D eigenvalue weighted by atomic mass is 10.00. The van der Waals surface area contributed by atoms with Gasteiger partial charge >= 0.3 is 39.5 Å². The van der Waals surface area contributed by atoms with Gasteiger partial charge in [0.25, 0.3) is 0 Å². The average molecular weight is 1440 g/mol. The van der Waals surface area contributed by atoms with Crippen LogP contribution in [-0.2, 0) is 65.4 Å². The van der Waals surface area contributed by atoms with Gasteiger partial charge in [-0.05, 0) is 31.6 Å². The smallest absolute Gasteiger partial charge is 0.462 e. The molecule has 0 aliphatic carbocycles. The van der Waals surface area contributed by atoms with Crippen molar-refractivity contribution in [1.82, 2.24) is 0 Å². The molecule has 3 unspecified atom stereocenters. The third kappa shape index (κ3) is 71.1. The minimum atomic E-state index is -4.96. The maximum atomic E-state index is 13.1. The Labute approximate surface area is 600 Å². The minimum absolute atomic E-state index is 0.104. The van der Waals surface area contributed by atoms with Gasteiger partial charge in [0, 0.05) is 25.7 Å². The van der Waals surface area contributed by atoms with Crippen LogP contribution in [0.15, 0.2) is 0 Å². The molecule has 0 aromatic carbocycles. The molecule has 0 aliphatic rings. The number of carbonyl (C=O) groups excluding carboxylic acids is 4. The van der Waals surface area contributed by atoms with Crippen LogP contribution >= 0.6 is 15.6 Å². The Balaban J connectivity index is 5.20. The average Bonchev–Trinajstić information content (AvgIpc) is 0.986. The highest BCUT2D eigenvalue weighted by atomic mass is 31.2. The lowest BCUT2D eigenvalue weighted by Crippen LogP contribution is -2.30. The maximum absolute atomic E-state index is 13.1. The van der Waals surface area contributed by atoms with E-state index in [0.717, 1.165) is 95.8 Å². The van der Waals surface area contributed by atoms with Crippen LogP contribution in [0.25, 0.3) is 0 Å². The van der Waals surface area contributed by atoms with Gasteiger partial charge in [0.15, 0.2) is 12.2 Å². The highest BCUT2D eigenvalue weighted by Crippen LogP contribution is 2.45. The number of phosphoric ester groups is 2. The van der Waals surface area contributed by atoms with Crippen LogP contribution in [-0.4, -0.2) is 96.7 Å². The molecule has 98 heavy (non-hydrogen) atoms. The van der Waals surface area contributed by atoms with E-state index in [-0.39, 0.29) is 25.7 Å². The standard InChI is InChI=1S/C79H154O17P2/c1-6-10-13-16-19-22-25-27-29-31-33-34-36-38-40-42-45-48-54-59-64-78(83)95-74(68-89-77(82)63-58-53-47-44-41-39-37-35-32-30-28-26-23-20-17-14-11-7-2)70-93-97(85,86)91-66-73(80)67-92-98(87,88)94-71-75(96-79(84)65-60-55-50-49-51-56-61-72(5)9-4)69-90-76(81)62-57-52-46-43-24-21-18-15-12-8-3/h72-75,80H,6-71H2,1-5H3,(H,85,86)(H,87,88)/t72?,73-,74-,75-/m1/s1. The first-order valence-corrected chi connectivity index (χ1v) is 44.2. The third-order valence-corrected chi connectivity index (χ3v) is 20.8. The second kappa shape index (κ2) is 72.0. The van der Waals surface area contributed by atoms with Crippen LogP contribution in [0.4, 0.5) is 0 Å². The van der Waals surface area contributed by atoms with E-state index in [4.69, 9.17) is 37.0 Å². The quantitative estimate of drug-likeness (QED) is 0.0222. The predicted octanol–water partition coefficient (Wildman–Crippen LogP) is 23.6. The van der Waals surface area contributed by atoms with E-state index in [2.05, 4.69) is 34.6 Å². The molecule has 0 aromatic heterocycles. The highest BCUT2D eigenvalue weighted by Gasteiger charge is 2.30. The van der Waals surface area contributed by atoms with E-state index in [0.29, 0.717) is 25.7 Å². The summed E-state index contributed by atoms with van der Waals surface area (Å²) in [5, 5.41) is 10.6. The van der Waals surface area contributed by atoms with Crippen LogP contribution in [0.1, 0.15) is 420 Å². The maximum Gasteiger partial charge on any atom is 0.472 e. The summed E-state index contributed by atoms with van der Waals surface area (Å²) >= 11 is 0. The Morgan fingerprint density at radius 1 is 0.286 bits per heavy atom. The van der Waals surface area contributed by atoms with E-state index in [1.807, 2.05) is 0 Å². The second-order valence-electron chi connectivity index (χ2n) is 28.7. The van der Waals surface area contributed by atoms with Crippen molar-refractivity contribution in [3.8, 4) is 0 Å². The van der Waals surface area contributed by atoms with Gasteiger partial charge in [-0.3, -0.25) is 37.3 Å². The molecule has 19 heteroatoms. The zero-order valence-electron chi connectivity index (χ0n) is 63.9. The Morgan fingerprint density at radius 3 is 0.724 bits per heavy atom. The molecule has 0 rings (SSSR count). The first-order chi connectivity index (χ1) is 47.6. The van der Waals surface area contributed by atoms with Gasteiger partial charge in [-0.2, -0.15) is 0 Å². The van der Waals surface area contributed by atoms with Crippen LogP contribution in [0.2, 0.25) is 0 Å². The number of unbranched alkanes of at least 4 members (excludes halogenated alkanes) is 50. The normalized spacial score (nSPS) is 14.2. The molecule has 0 aliphatic heterocycles. The molecule has 6 atom stereocenters. The van der Waals surface area contributed by atoms with Crippen LogP contribution < -0.4 is 0 Å². The molecule has 0 amide bonds. The second-order valence-corrected chi connectivity index (χ2v) is 31.6. The first kappa shape index (κ1) is 96.1. The Morgan fingerprint density at radius 2 is 0.490 bits per heavy atom. The highest BCUT2D eigenvalue weighted by molar-refractivity contribution is 7.47. The number of ether oxygens (including phenoxy) is 4. The van der Waals surface area contributed by atoms with E-state index in [9.17, 15) is 43.2 Å². The van der Waals surface area contributed by atoms with Gasteiger partial charge in [0.2, 0.25) is 0 Å². The van der Waals surface area contributed by atoms with Crippen molar-refractivity contribution in [2.24, 2.45) is 5.92 Å². The fourth-order valence-electron chi connectivity index (χ4n) is 12.2. The number of hydrogen-bond donors (Lipinski definition) is 3. The zero-order valence-corrected chi connectivity index (χ0v) is 65.7. The van der Waals surface area contributed by atoms with Gasteiger partial charge in [-0.15, -0.1) is 0 Å². The minimum Gasteiger partial charge on any atom is -0.462 e. The molecule has 0 radical (unpaired) electrons. The van der Waals surface area contributed by atoms with E-state index >= 15 is 0 Å². The molecular formula is C79H154O17P2. The number of aliphatic hydroxyl groups is 1. The molecule has 0 saturated heterocycles. The van der Waals surface area contributed by atoms with E-state index in [1.54, 1.807) is 0 Å². The Hall–Kier alpha value is -1.94. The Bertz CT molecular complexity index is 1880. The topological polar surface area (TPSA) is 237 Å². The SMILES string of the molecule is CCCCCCCCCCCCCCCCCCCCCCC(=O)O[C@H](COC(=O)CCCCCCCCCCCCCCCCCCCC)COP(=O)(O)OC[C@@H](O)COP(=O)(O)OC[C@@H](COC(=O)CCCCCCCCCCCC)OC(=O)CCCCCCCCC(C)CC. The fraction of sp³-hybridized carbons (Fsp3) is 0.949. The number of phosphoric acid groups is 2. The molecule has 3 N–H and O–H groups in total. The number of carbonyl (C=O) groups is 4. The fourth-order valence-corrected chi connectivity index (χ4v) is 13.8. The van der Waals surface area contributed by atoms with E-state index < -0.39 is 97.5 Å². The molecule has 0 spiro atoms. The summed E-state index contributed by atoms with van der Waals surface area (Å²) in [6.45, 7) is 7.25. The summed E-state index contributed by atoms with van der Waals surface area (Å²) in [7, 11) is -9.91. The summed E-state index contributed by atoms with van der Waals surface area (Å²) in [6.07, 6.45) is 62.6. The molecule has 0 aromatic rings. The summed E-state index contributed by atoms with van der Waals surface area (Å²) in [6, 6.07) is 0. The van der Waals surface area contributed by atoms with Crippen molar-refractivity contribution in [2.75, 3.05) is 39.6 Å².